The Morgan fingerprint density at radius 2 is 2.05 bits per heavy atom. The average Bonchev–Trinajstić information content (AvgIpc) is 2.53. The number of nitrogen functional groups attached to an aromatic ring is 1. The van der Waals surface area contributed by atoms with E-state index in [1.165, 1.54) is 5.69 Å². The van der Waals surface area contributed by atoms with Crippen LogP contribution in [0.5, 0.6) is 0 Å². The van der Waals surface area contributed by atoms with E-state index in [1.54, 1.807) is 12.3 Å². The number of nitrogens with one attached hydrogen (secondary N) is 1. The van der Waals surface area contributed by atoms with E-state index in [9.17, 15) is 0 Å². The summed E-state index contributed by atoms with van der Waals surface area (Å²) in [5.74, 6) is 0.580. The molecule has 2 aromatic rings. The van der Waals surface area contributed by atoms with Crippen LogP contribution in [0.2, 0.25) is 0 Å². The van der Waals surface area contributed by atoms with Gasteiger partial charge in [0.05, 0.1) is 11.3 Å². The highest BCUT2D eigenvalue weighted by molar-refractivity contribution is 5.68. The van der Waals surface area contributed by atoms with Crippen molar-refractivity contribution < 1.29 is 0 Å². The molecule has 0 fully saturated rings. The molecule has 1 heterocycles. The molecule has 0 saturated heterocycles. The SMILES string of the molecule is CN(CCCNc1nccc(C#N)c1N)c1ccccc1. The van der Waals surface area contributed by atoms with Crippen LogP contribution in [0, 0.1) is 11.3 Å². The number of nitriles is 1. The van der Waals surface area contributed by atoms with Gasteiger partial charge in [0.25, 0.3) is 0 Å². The highest BCUT2D eigenvalue weighted by Gasteiger charge is 2.05. The largest absolute Gasteiger partial charge is 0.395 e. The second-order valence-corrected chi connectivity index (χ2v) is 4.77. The van der Waals surface area contributed by atoms with Gasteiger partial charge in [0.15, 0.2) is 5.82 Å². The minimum atomic E-state index is 0.413. The maximum absolute atomic E-state index is 8.92. The summed E-state index contributed by atoms with van der Waals surface area (Å²) < 4.78 is 0. The summed E-state index contributed by atoms with van der Waals surface area (Å²) in [5, 5.41) is 12.1. The Kier molecular flexibility index (Phi) is 4.99. The van der Waals surface area contributed by atoms with Crippen molar-refractivity contribution >= 4 is 17.2 Å². The normalized spacial score (nSPS) is 9.90. The van der Waals surface area contributed by atoms with Crippen LogP contribution in [0.15, 0.2) is 42.6 Å². The van der Waals surface area contributed by atoms with E-state index in [4.69, 9.17) is 11.0 Å². The molecular formula is C16H19N5. The van der Waals surface area contributed by atoms with Crippen LogP contribution in [0.25, 0.3) is 0 Å². The van der Waals surface area contributed by atoms with E-state index in [0.717, 1.165) is 19.5 Å². The molecule has 1 aromatic carbocycles. The first-order valence-electron chi connectivity index (χ1n) is 6.87. The highest BCUT2D eigenvalue weighted by Crippen LogP contribution is 2.18. The molecule has 0 aliphatic rings. The third-order valence-corrected chi connectivity index (χ3v) is 3.27. The number of hydrogen-bond donors (Lipinski definition) is 2. The molecule has 5 nitrogen and oxygen atoms in total. The van der Waals surface area contributed by atoms with Crippen molar-refractivity contribution in [2.24, 2.45) is 0 Å². The lowest BCUT2D eigenvalue weighted by atomic mass is 10.2. The summed E-state index contributed by atoms with van der Waals surface area (Å²) in [4.78, 5) is 6.36. The summed E-state index contributed by atoms with van der Waals surface area (Å²) >= 11 is 0. The third kappa shape index (κ3) is 3.86. The summed E-state index contributed by atoms with van der Waals surface area (Å²) in [6.45, 7) is 1.68. The predicted octanol–water partition coefficient (Wildman–Crippen LogP) is 2.47. The lowest BCUT2D eigenvalue weighted by molar-refractivity contribution is 0.814. The van der Waals surface area contributed by atoms with E-state index < -0.39 is 0 Å². The van der Waals surface area contributed by atoms with Crippen LogP contribution in [-0.2, 0) is 0 Å². The summed E-state index contributed by atoms with van der Waals surface area (Å²) in [7, 11) is 2.07. The van der Waals surface area contributed by atoms with Gasteiger partial charge in [-0.1, -0.05) is 18.2 Å². The van der Waals surface area contributed by atoms with E-state index in [0.29, 0.717) is 17.1 Å². The Morgan fingerprint density at radius 1 is 1.29 bits per heavy atom. The fourth-order valence-electron chi connectivity index (χ4n) is 2.05. The molecule has 0 aliphatic heterocycles. The molecule has 2 rings (SSSR count). The molecule has 3 N–H and O–H groups in total. The molecule has 0 unspecified atom stereocenters. The number of para-hydroxylation sites is 1. The number of anilines is 3. The standard InChI is InChI=1S/C16H19N5/c1-21(14-6-3-2-4-7-14)11-5-9-19-16-15(18)13(12-17)8-10-20-16/h2-4,6-8,10H,5,9,11,18H2,1H3,(H,19,20). The van der Waals surface area contributed by atoms with Crippen LogP contribution in [0.4, 0.5) is 17.2 Å². The van der Waals surface area contributed by atoms with Crippen LogP contribution in [-0.4, -0.2) is 25.1 Å². The third-order valence-electron chi connectivity index (χ3n) is 3.27. The van der Waals surface area contributed by atoms with Crippen molar-refractivity contribution in [1.82, 2.24) is 4.98 Å². The second-order valence-electron chi connectivity index (χ2n) is 4.77. The molecular weight excluding hydrogens is 262 g/mol. The Bertz CT molecular complexity index is 618. The second kappa shape index (κ2) is 7.15. The van der Waals surface area contributed by atoms with Crippen LogP contribution < -0.4 is 16.0 Å². The molecule has 0 amide bonds. The van der Waals surface area contributed by atoms with Crippen molar-refractivity contribution in [3.8, 4) is 6.07 Å². The van der Waals surface area contributed by atoms with E-state index in [2.05, 4.69) is 40.5 Å². The monoisotopic (exact) mass is 281 g/mol. The first-order valence-corrected chi connectivity index (χ1v) is 6.87. The topological polar surface area (TPSA) is 78.0 Å². The number of rotatable bonds is 6. The minimum absolute atomic E-state index is 0.413. The quantitative estimate of drug-likeness (QED) is 0.795. The molecule has 0 saturated carbocycles. The number of benzene rings is 1. The van der Waals surface area contributed by atoms with Gasteiger partial charge in [0, 0.05) is 32.0 Å². The maximum atomic E-state index is 8.92. The maximum Gasteiger partial charge on any atom is 0.150 e. The zero-order valence-corrected chi connectivity index (χ0v) is 12.1. The van der Waals surface area contributed by atoms with Crippen molar-refractivity contribution in [2.45, 2.75) is 6.42 Å². The molecule has 5 heteroatoms. The van der Waals surface area contributed by atoms with E-state index >= 15 is 0 Å². The van der Waals surface area contributed by atoms with Gasteiger partial charge in [-0.25, -0.2) is 4.98 Å². The first-order chi connectivity index (χ1) is 10.2. The van der Waals surface area contributed by atoms with Crippen molar-refractivity contribution in [1.29, 1.82) is 5.26 Å². The summed E-state index contributed by atoms with van der Waals surface area (Å²) in [6.07, 6.45) is 2.54. The van der Waals surface area contributed by atoms with Crippen molar-refractivity contribution in [3.63, 3.8) is 0 Å². The fourth-order valence-corrected chi connectivity index (χ4v) is 2.05. The average molecular weight is 281 g/mol. The number of hydrogen-bond acceptors (Lipinski definition) is 5. The highest BCUT2D eigenvalue weighted by atomic mass is 15.1. The molecule has 0 spiro atoms. The molecule has 1 aromatic heterocycles. The zero-order chi connectivity index (χ0) is 15.1. The number of nitrogens with two attached hydrogens (primary N) is 1. The first kappa shape index (κ1) is 14.7. The molecule has 0 bridgehead atoms. The summed E-state index contributed by atoms with van der Waals surface area (Å²) in [6, 6.07) is 13.9. The Labute approximate surface area is 125 Å². The van der Waals surface area contributed by atoms with Crippen LogP contribution in [0.3, 0.4) is 0 Å². The van der Waals surface area contributed by atoms with Gasteiger partial charge in [0.1, 0.15) is 6.07 Å². The summed E-state index contributed by atoms with van der Waals surface area (Å²) in [5.41, 5.74) is 7.93. The predicted molar refractivity (Wildman–Crippen MR) is 86.2 cm³/mol. The molecule has 0 aliphatic carbocycles. The van der Waals surface area contributed by atoms with Crippen molar-refractivity contribution in [3.05, 3.63) is 48.2 Å². The number of pyridine rings is 1. The van der Waals surface area contributed by atoms with Crippen LogP contribution in [0.1, 0.15) is 12.0 Å². The van der Waals surface area contributed by atoms with Gasteiger partial charge in [-0.05, 0) is 24.6 Å². The van der Waals surface area contributed by atoms with Gasteiger partial charge in [0.2, 0.25) is 0 Å². The lowest BCUT2D eigenvalue weighted by Gasteiger charge is -2.19. The molecule has 0 atom stereocenters. The van der Waals surface area contributed by atoms with Crippen molar-refractivity contribution in [2.75, 3.05) is 36.1 Å². The van der Waals surface area contributed by atoms with Crippen LogP contribution >= 0.6 is 0 Å². The number of aromatic nitrogens is 1. The van der Waals surface area contributed by atoms with Gasteiger partial charge >= 0.3 is 0 Å². The van der Waals surface area contributed by atoms with Gasteiger partial charge in [-0.3, -0.25) is 0 Å². The van der Waals surface area contributed by atoms with E-state index in [1.807, 2.05) is 18.2 Å². The van der Waals surface area contributed by atoms with E-state index in [-0.39, 0.29) is 0 Å². The zero-order valence-electron chi connectivity index (χ0n) is 12.1. The van der Waals surface area contributed by atoms with Gasteiger partial charge in [-0.2, -0.15) is 5.26 Å². The molecule has 108 valence electrons. The Hall–Kier alpha value is -2.74. The van der Waals surface area contributed by atoms with Gasteiger partial charge in [-0.15, -0.1) is 0 Å². The fraction of sp³-hybridized carbons (Fsp3) is 0.250. The number of nitrogens with zero attached hydrogens (tertiary/aromatic N) is 3. The molecule has 0 radical (unpaired) electrons. The lowest BCUT2D eigenvalue weighted by Crippen LogP contribution is -2.21. The smallest absolute Gasteiger partial charge is 0.150 e. The molecule has 21 heavy (non-hydrogen) atoms. The minimum Gasteiger partial charge on any atom is -0.395 e. The Balaban J connectivity index is 1.82. The van der Waals surface area contributed by atoms with Gasteiger partial charge < -0.3 is 16.0 Å². The Morgan fingerprint density at radius 3 is 2.76 bits per heavy atom.